The first-order valence-corrected chi connectivity index (χ1v) is 8.53. The Bertz CT molecular complexity index is 827. The van der Waals surface area contributed by atoms with Gasteiger partial charge in [0.15, 0.2) is 0 Å². The van der Waals surface area contributed by atoms with Crippen LogP contribution in [0, 0.1) is 0 Å². The first-order valence-electron chi connectivity index (χ1n) is 8.53. The molecule has 0 radical (unpaired) electrons. The zero-order chi connectivity index (χ0) is 16.9. The van der Waals surface area contributed by atoms with Gasteiger partial charge in [-0.15, -0.1) is 15.0 Å². The summed E-state index contributed by atoms with van der Waals surface area (Å²) < 4.78 is 5.71. The minimum absolute atomic E-state index is 0.195. The smallest absolute Gasteiger partial charge is 0.143 e. The molecule has 1 N–H and O–H groups in total. The molecule has 24 heavy (non-hydrogen) atoms. The van der Waals surface area contributed by atoms with E-state index in [1.165, 1.54) is 4.80 Å². The summed E-state index contributed by atoms with van der Waals surface area (Å²) in [6.07, 6.45) is 4.12. The molecule has 1 heterocycles. The highest BCUT2D eigenvalue weighted by Gasteiger charge is 2.10. The van der Waals surface area contributed by atoms with Crippen LogP contribution in [-0.2, 0) is 6.42 Å². The lowest BCUT2D eigenvalue weighted by Gasteiger charge is -2.05. The molecule has 3 rings (SSSR count). The molecule has 5 heteroatoms. The fraction of sp³-hybridized carbons (Fsp3) is 0.368. The number of aromatic nitrogens is 3. The van der Waals surface area contributed by atoms with Gasteiger partial charge in [0.2, 0.25) is 0 Å². The van der Waals surface area contributed by atoms with Crippen molar-refractivity contribution in [3.8, 4) is 17.2 Å². The molecule has 0 bridgehead atoms. The Balaban J connectivity index is 1.87. The van der Waals surface area contributed by atoms with Crippen molar-refractivity contribution in [2.24, 2.45) is 0 Å². The van der Waals surface area contributed by atoms with Crippen LogP contribution in [0.2, 0.25) is 0 Å². The summed E-state index contributed by atoms with van der Waals surface area (Å²) in [6, 6.07) is 11.3. The summed E-state index contributed by atoms with van der Waals surface area (Å²) in [5.74, 6) is 0.992. The molecule has 0 aliphatic carbocycles. The van der Waals surface area contributed by atoms with E-state index >= 15 is 0 Å². The summed E-state index contributed by atoms with van der Waals surface area (Å²) in [5, 5.41) is 19.2. The van der Waals surface area contributed by atoms with Crippen molar-refractivity contribution < 1.29 is 9.84 Å². The number of nitrogens with zero attached hydrogens (tertiary/aromatic N) is 3. The third-order valence-electron chi connectivity index (χ3n) is 3.91. The van der Waals surface area contributed by atoms with Crippen LogP contribution in [0.4, 0.5) is 0 Å². The number of rotatable bonds is 7. The monoisotopic (exact) mass is 325 g/mol. The van der Waals surface area contributed by atoms with Gasteiger partial charge in [0.25, 0.3) is 0 Å². The Labute approximate surface area is 141 Å². The lowest BCUT2D eigenvalue weighted by Crippen LogP contribution is -1.99. The van der Waals surface area contributed by atoms with E-state index in [1.807, 2.05) is 30.3 Å². The molecule has 5 nitrogen and oxygen atoms in total. The Morgan fingerprint density at radius 2 is 1.83 bits per heavy atom. The summed E-state index contributed by atoms with van der Waals surface area (Å²) in [5.41, 5.74) is 3.22. The van der Waals surface area contributed by atoms with Crippen LogP contribution in [0.15, 0.2) is 36.4 Å². The highest BCUT2D eigenvalue weighted by atomic mass is 16.5. The first-order chi connectivity index (χ1) is 11.7. The van der Waals surface area contributed by atoms with Crippen LogP contribution < -0.4 is 4.74 Å². The molecular formula is C19H23N3O2. The molecule has 0 atom stereocenters. The molecule has 1 aromatic heterocycles. The van der Waals surface area contributed by atoms with Crippen molar-refractivity contribution in [3.05, 3.63) is 42.0 Å². The number of phenols is 1. The summed E-state index contributed by atoms with van der Waals surface area (Å²) >= 11 is 0. The van der Waals surface area contributed by atoms with Crippen LogP contribution >= 0.6 is 0 Å². The van der Waals surface area contributed by atoms with Gasteiger partial charge in [-0.1, -0.05) is 32.8 Å². The number of fused-ring (bicyclic) bond motifs is 1. The molecular weight excluding hydrogens is 302 g/mol. The highest BCUT2D eigenvalue weighted by Crippen LogP contribution is 2.25. The van der Waals surface area contributed by atoms with E-state index in [4.69, 9.17) is 4.74 Å². The maximum atomic E-state index is 10.3. The van der Waals surface area contributed by atoms with E-state index in [9.17, 15) is 5.11 Å². The maximum Gasteiger partial charge on any atom is 0.143 e. The highest BCUT2D eigenvalue weighted by molar-refractivity contribution is 5.75. The molecule has 126 valence electrons. The molecule has 0 fully saturated rings. The molecule has 0 unspecified atom stereocenters. The lowest BCUT2D eigenvalue weighted by atomic mass is 10.1. The Hall–Kier alpha value is -2.56. The van der Waals surface area contributed by atoms with Crippen molar-refractivity contribution in [1.29, 1.82) is 0 Å². The van der Waals surface area contributed by atoms with E-state index in [-0.39, 0.29) is 5.75 Å². The number of ether oxygens (including phenoxy) is 1. The zero-order valence-electron chi connectivity index (χ0n) is 14.2. The van der Waals surface area contributed by atoms with Gasteiger partial charge in [-0.05, 0) is 42.7 Å². The summed E-state index contributed by atoms with van der Waals surface area (Å²) in [4.78, 5) is 1.48. The second-order valence-electron chi connectivity index (χ2n) is 5.92. The van der Waals surface area contributed by atoms with Crippen LogP contribution in [0.25, 0.3) is 16.7 Å². The van der Waals surface area contributed by atoms with Gasteiger partial charge in [-0.2, -0.15) is 0 Å². The second-order valence-corrected chi connectivity index (χ2v) is 5.92. The standard InChI is InChI=1S/C19H23N3O2/c1-3-5-11-24-15-8-9-16-17(13-15)21-22(20-16)18-10-7-14(6-4-2)12-19(18)23/h7-10,12-13,23H,3-6,11H2,1-2H3. The Kier molecular flexibility index (Phi) is 4.99. The number of hydrogen-bond acceptors (Lipinski definition) is 4. The van der Waals surface area contributed by atoms with Crippen LogP contribution in [0.3, 0.4) is 0 Å². The minimum Gasteiger partial charge on any atom is -0.506 e. The van der Waals surface area contributed by atoms with E-state index in [0.717, 1.165) is 48.0 Å². The average molecular weight is 325 g/mol. The van der Waals surface area contributed by atoms with Gasteiger partial charge >= 0.3 is 0 Å². The maximum absolute atomic E-state index is 10.3. The molecule has 0 saturated carbocycles. The van der Waals surface area contributed by atoms with Gasteiger partial charge in [0.1, 0.15) is 28.2 Å². The Morgan fingerprint density at radius 1 is 1.00 bits per heavy atom. The Morgan fingerprint density at radius 3 is 2.58 bits per heavy atom. The predicted octanol–water partition coefficient (Wildman–Crippen LogP) is 4.26. The predicted molar refractivity (Wildman–Crippen MR) is 94.9 cm³/mol. The van der Waals surface area contributed by atoms with Crippen LogP contribution in [0.1, 0.15) is 38.7 Å². The second kappa shape index (κ2) is 7.34. The van der Waals surface area contributed by atoms with E-state index < -0.39 is 0 Å². The molecule has 0 saturated heterocycles. The molecule has 3 aromatic rings. The third-order valence-corrected chi connectivity index (χ3v) is 3.91. The molecule has 0 amide bonds. The quantitative estimate of drug-likeness (QED) is 0.659. The number of unbranched alkanes of at least 4 members (excludes halogenated alkanes) is 1. The largest absolute Gasteiger partial charge is 0.506 e. The summed E-state index contributed by atoms with van der Waals surface area (Å²) in [7, 11) is 0. The topological polar surface area (TPSA) is 60.2 Å². The molecule has 2 aromatic carbocycles. The van der Waals surface area contributed by atoms with Crippen molar-refractivity contribution in [3.63, 3.8) is 0 Å². The number of phenolic OH excluding ortho intramolecular Hbond substituents is 1. The third kappa shape index (κ3) is 3.50. The van der Waals surface area contributed by atoms with Crippen LogP contribution in [-0.4, -0.2) is 26.7 Å². The number of aryl methyl sites for hydroxylation is 1. The number of benzene rings is 2. The number of hydrogen-bond donors (Lipinski definition) is 1. The van der Waals surface area contributed by atoms with Crippen LogP contribution in [0.5, 0.6) is 11.5 Å². The lowest BCUT2D eigenvalue weighted by molar-refractivity contribution is 0.310. The molecule has 0 spiro atoms. The fourth-order valence-corrected chi connectivity index (χ4v) is 2.61. The van der Waals surface area contributed by atoms with Crippen molar-refractivity contribution in [1.82, 2.24) is 15.0 Å². The minimum atomic E-state index is 0.195. The van der Waals surface area contributed by atoms with E-state index in [2.05, 4.69) is 24.0 Å². The van der Waals surface area contributed by atoms with Crippen molar-refractivity contribution in [2.45, 2.75) is 39.5 Å². The zero-order valence-corrected chi connectivity index (χ0v) is 14.2. The van der Waals surface area contributed by atoms with Gasteiger partial charge in [0.05, 0.1) is 6.61 Å². The van der Waals surface area contributed by atoms with E-state index in [0.29, 0.717) is 12.3 Å². The molecule has 0 aliphatic heterocycles. The van der Waals surface area contributed by atoms with Gasteiger partial charge in [0, 0.05) is 6.07 Å². The van der Waals surface area contributed by atoms with Crippen molar-refractivity contribution in [2.75, 3.05) is 6.61 Å². The summed E-state index contributed by atoms with van der Waals surface area (Å²) in [6.45, 7) is 4.96. The van der Waals surface area contributed by atoms with Crippen molar-refractivity contribution >= 4 is 11.0 Å². The average Bonchev–Trinajstić information content (AvgIpc) is 2.98. The van der Waals surface area contributed by atoms with Gasteiger partial charge < -0.3 is 9.84 Å². The van der Waals surface area contributed by atoms with Gasteiger partial charge in [-0.25, -0.2) is 0 Å². The molecule has 0 aliphatic rings. The SMILES string of the molecule is CCCCOc1ccc2nn(-c3ccc(CCC)cc3O)nc2c1. The fourth-order valence-electron chi connectivity index (χ4n) is 2.61. The van der Waals surface area contributed by atoms with E-state index in [1.54, 1.807) is 6.07 Å². The van der Waals surface area contributed by atoms with Gasteiger partial charge in [-0.3, -0.25) is 0 Å². The number of aromatic hydroxyl groups is 1. The first kappa shape index (κ1) is 16.3. The normalized spacial score (nSPS) is 11.1.